The van der Waals surface area contributed by atoms with Gasteiger partial charge in [0.25, 0.3) is 0 Å². The van der Waals surface area contributed by atoms with Crippen LogP contribution in [0.5, 0.6) is 5.88 Å². The first-order chi connectivity index (χ1) is 14.2. The first-order valence-corrected chi connectivity index (χ1v) is 10.3. The summed E-state index contributed by atoms with van der Waals surface area (Å²) in [5.74, 6) is -0.160. The zero-order chi connectivity index (χ0) is 19.8. The maximum Gasteiger partial charge on any atom is 0.231 e. The summed E-state index contributed by atoms with van der Waals surface area (Å²) >= 11 is 1.46. The Balaban J connectivity index is 1.33. The van der Waals surface area contributed by atoms with Gasteiger partial charge in [-0.25, -0.2) is 4.39 Å². The fraction of sp³-hybridized carbons (Fsp3) is 0.182. The van der Waals surface area contributed by atoms with Gasteiger partial charge in [0.15, 0.2) is 5.13 Å². The number of allylic oxidation sites excluding steroid dienone is 1. The Labute approximate surface area is 172 Å². The van der Waals surface area contributed by atoms with Crippen LogP contribution in [0.4, 0.5) is 20.9 Å². The van der Waals surface area contributed by atoms with Gasteiger partial charge in [-0.2, -0.15) is 4.98 Å². The van der Waals surface area contributed by atoms with Crippen molar-refractivity contribution in [3.05, 3.63) is 64.8 Å². The first kappa shape index (κ1) is 17.9. The highest BCUT2D eigenvalue weighted by Gasteiger charge is 2.23. The molecule has 29 heavy (non-hydrogen) atoms. The van der Waals surface area contributed by atoms with Crippen LogP contribution in [0.15, 0.2) is 53.5 Å². The summed E-state index contributed by atoms with van der Waals surface area (Å²) in [6.07, 6.45) is 3.75. The lowest BCUT2D eigenvalue weighted by atomic mass is 10.1. The zero-order valence-corrected chi connectivity index (χ0v) is 16.4. The summed E-state index contributed by atoms with van der Waals surface area (Å²) in [7, 11) is 0. The van der Waals surface area contributed by atoms with E-state index in [0.717, 1.165) is 39.9 Å². The maximum absolute atomic E-state index is 14.0. The lowest BCUT2D eigenvalue weighted by molar-refractivity contribution is 0.455. The molecule has 3 aromatic rings. The Morgan fingerprint density at radius 3 is 2.52 bits per heavy atom. The van der Waals surface area contributed by atoms with Gasteiger partial charge in [-0.05, 0) is 24.3 Å². The minimum atomic E-state index is -0.194. The largest absolute Gasteiger partial charge is 0.492 e. The van der Waals surface area contributed by atoms with Crippen LogP contribution in [0.2, 0.25) is 0 Å². The molecule has 0 bridgehead atoms. The number of halogens is 1. The van der Waals surface area contributed by atoms with E-state index in [-0.39, 0.29) is 11.7 Å². The molecule has 5 rings (SSSR count). The number of thiazole rings is 1. The number of hydrogen-bond donors (Lipinski definition) is 1. The molecule has 7 heteroatoms. The van der Waals surface area contributed by atoms with Crippen molar-refractivity contribution in [2.24, 2.45) is 4.99 Å². The molecule has 2 aliphatic heterocycles. The third kappa shape index (κ3) is 3.38. The summed E-state index contributed by atoms with van der Waals surface area (Å²) in [6, 6.07) is 14.8. The summed E-state index contributed by atoms with van der Waals surface area (Å²) in [6.45, 7) is 2.86. The highest BCUT2D eigenvalue weighted by Crippen LogP contribution is 2.37. The highest BCUT2D eigenvalue weighted by atomic mass is 32.1. The van der Waals surface area contributed by atoms with E-state index in [1.54, 1.807) is 6.07 Å². The van der Waals surface area contributed by atoms with Gasteiger partial charge in [0.1, 0.15) is 5.82 Å². The number of hydrogen-bond acceptors (Lipinski definition) is 6. The molecule has 1 N–H and O–H groups in total. The fourth-order valence-electron chi connectivity index (χ4n) is 3.68. The molecule has 146 valence electrons. The number of rotatable bonds is 3. The van der Waals surface area contributed by atoms with Crippen LogP contribution < -0.4 is 9.80 Å². The summed E-state index contributed by atoms with van der Waals surface area (Å²) in [4.78, 5) is 13.7. The standard InChI is InChI=1S/C22H19FN4OS/c23-17-6-2-4-8-19(17)26-9-11-27(12-10-26)22-25-21(28)20(29-22)13-15-14-24-18-7-3-1-5-16(15)18/h1-8,13-14,28H,9-12H2. The lowest BCUT2D eigenvalue weighted by Gasteiger charge is -2.36. The molecule has 1 fully saturated rings. The number of para-hydroxylation sites is 2. The van der Waals surface area contributed by atoms with Crippen molar-refractivity contribution in [2.75, 3.05) is 36.0 Å². The van der Waals surface area contributed by atoms with E-state index >= 15 is 0 Å². The molecule has 2 aromatic carbocycles. The van der Waals surface area contributed by atoms with Crippen molar-refractivity contribution in [1.82, 2.24) is 4.98 Å². The number of aromatic nitrogens is 1. The van der Waals surface area contributed by atoms with Gasteiger partial charge in [-0.15, -0.1) is 0 Å². The van der Waals surface area contributed by atoms with E-state index in [1.165, 1.54) is 17.4 Å². The molecular weight excluding hydrogens is 387 g/mol. The summed E-state index contributed by atoms with van der Waals surface area (Å²) in [5.41, 5.74) is 3.60. The Morgan fingerprint density at radius 1 is 0.966 bits per heavy atom. The van der Waals surface area contributed by atoms with Crippen molar-refractivity contribution in [3.63, 3.8) is 0 Å². The van der Waals surface area contributed by atoms with Crippen LogP contribution in [-0.2, 0) is 0 Å². The SMILES string of the molecule is Oc1nc(N2CCN(c3ccccc3F)CC2)sc1C=C1C=Nc2ccccc21. The molecule has 5 nitrogen and oxygen atoms in total. The number of anilines is 2. The van der Waals surface area contributed by atoms with E-state index in [4.69, 9.17) is 0 Å². The number of aliphatic imine (C=N–C) groups is 1. The normalized spacial score (nSPS) is 17.2. The van der Waals surface area contributed by atoms with Crippen LogP contribution in [0.3, 0.4) is 0 Å². The molecule has 3 heterocycles. The van der Waals surface area contributed by atoms with E-state index in [0.29, 0.717) is 18.8 Å². The fourth-order valence-corrected chi connectivity index (χ4v) is 4.65. The first-order valence-electron chi connectivity index (χ1n) is 9.48. The second-order valence-corrected chi connectivity index (χ2v) is 7.99. The second-order valence-electron chi connectivity index (χ2n) is 6.98. The van der Waals surface area contributed by atoms with Gasteiger partial charge in [0.05, 0.1) is 16.3 Å². The molecule has 0 unspecified atom stereocenters. The Bertz CT molecular complexity index is 1120. The molecule has 0 spiro atoms. The molecule has 0 atom stereocenters. The minimum Gasteiger partial charge on any atom is -0.492 e. The molecule has 0 aliphatic carbocycles. The molecule has 1 saturated heterocycles. The average molecular weight is 406 g/mol. The predicted molar refractivity (Wildman–Crippen MR) is 117 cm³/mol. The van der Waals surface area contributed by atoms with Crippen LogP contribution in [0, 0.1) is 5.82 Å². The van der Waals surface area contributed by atoms with Crippen molar-refractivity contribution in [2.45, 2.75) is 0 Å². The highest BCUT2D eigenvalue weighted by molar-refractivity contribution is 7.16. The van der Waals surface area contributed by atoms with Crippen LogP contribution in [0.1, 0.15) is 10.4 Å². The number of aromatic hydroxyl groups is 1. The van der Waals surface area contributed by atoms with Gasteiger partial charge >= 0.3 is 0 Å². The van der Waals surface area contributed by atoms with Gasteiger partial charge in [-0.3, -0.25) is 4.99 Å². The van der Waals surface area contributed by atoms with Gasteiger partial charge in [0.2, 0.25) is 5.88 Å². The third-order valence-corrected chi connectivity index (χ3v) is 6.26. The molecule has 0 saturated carbocycles. The molecule has 1 aromatic heterocycles. The van der Waals surface area contributed by atoms with Crippen molar-refractivity contribution in [1.29, 1.82) is 0 Å². The zero-order valence-electron chi connectivity index (χ0n) is 15.6. The van der Waals surface area contributed by atoms with E-state index in [2.05, 4.69) is 14.9 Å². The maximum atomic E-state index is 14.0. The van der Waals surface area contributed by atoms with E-state index in [9.17, 15) is 9.50 Å². The summed E-state index contributed by atoms with van der Waals surface area (Å²) < 4.78 is 14.0. The monoisotopic (exact) mass is 406 g/mol. The minimum absolute atomic E-state index is 0.0341. The number of fused-ring (bicyclic) bond motifs is 1. The van der Waals surface area contributed by atoms with E-state index in [1.807, 2.05) is 53.6 Å². The van der Waals surface area contributed by atoms with Gasteiger partial charge in [0, 0.05) is 43.5 Å². The third-order valence-electron chi connectivity index (χ3n) is 5.21. The van der Waals surface area contributed by atoms with Gasteiger partial charge in [-0.1, -0.05) is 41.7 Å². The van der Waals surface area contributed by atoms with Crippen LogP contribution in [-0.4, -0.2) is 42.5 Å². The topological polar surface area (TPSA) is 52.0 Å². The predicted octanol–water partition coefficient (Wildman–Crippen LogP) is 4.57. The number of nitrogens with zero attached hydrogens (tertiary/aromatic N) is 4. The van der Waals surface area contributed by atoms with Crippen LogP contribution in [0.25, 0.3) is 11.6 Å². The van der Waals surface area contributed by atoms with Crippen LogP contribution >= 0.6 is 11.3 Å². The summed E-state index contributed by atoms with van der Waals surface area (Å²) in [5, 5.41) is 11.1. The Morgan fingerprint density at radius 2 is 1.69 bits per heavy atom. The quantitative estimate of drug-likeness (QED) is 0.692. The lowest BCUT2D eigenvalue weighted by Crippen LogP contribution is -2.46. The molecular formula is C22H19FN4OS. The molecule has 2 aliphatic rings. The molecule has 0 amide bonds. The Kier molecular flexibility index (Phi) is 4.52. The average Bonchev–Trinajstić information content (AvgIpc) is 3.33. The molecule has 0 radical (unpaired) electrons. The Hall–Kier alpha value is -3.19. The van der Waals surface area contributed by atoms with Crippen molar-refractivity contribution in [3.8, 4) is 5.88 Å². The number of benzene rings is 2. The van der Waals surface area contributed by atoms with Crippen molar-refractivity contribution >= 4 is 45.7 Å². The smallest absolute Gasteiger partial charge is 0.231 e. The van der Waals surface area contributed by atoms with Crippen molar-refractivity contribution < 1.29 is 9.50 Å². The second kappa shape index (κ2) is 7.33. The van der Waals surface area contributed by atoms with Gasteiger partial charge < -0.3 is 14.9 Å². The van der Waals surface area contributed by atoms with E-state index < -0.39 is 0 Å². The number of piperazine rings is 1.